The highest BCUT2D eigenvalue weighted by molar-refractivity contribution is 7.87. The number of nitrogens with one attached hydrogen (secondary N) is 1. The number of hydrogen-bond donors (Lipinski definition) is 4. The summed E-state index contributed by atoms with van der Waals surface area (Å²) in [4.78, 5) is 22.7. The Kier molecular flexibility index (Phi) is 5.62. The Morgan fingerprint density at radius 1 is 1.29 bits per heavy atom. The maximum absolute atomic E-state index is 11.5. The lowest BCUT2D eigenvalue weighted by Gasteiger charge is -2.28. The van der Waals surface area contributed by atoms with Crippen LogP contribution in [-0.4, -0.2) is 42.5 Å². The zero-order chi connectivity index (χ0) is 17.9. The van der Waals surface area contributed by atoms with Gasteiger partial charge in [0.05, 0.1) is 6.54 Å². The van der Waals surface area contributed by atoms with Gasteiger partial charge in [-0.1, -0.05) is 0 Å². The van der Waals surface area contributed by atoms with Crippen molar-refractivity contribution in [2.24, 2.45) is 16.8 Å². The van der Waals surface area contributed by atoms with E-state index in [1.807, 2.05) is 0 Å². The maximum Gasteiger partial charge on any atom is 0.353 e. The monoisotopic (exact) mass is 358 g/mol. The first-order valence-electron chi connectivity index (χ1n) is 7.68. The van der Waals surface area contributed by atoms with E-state index in [4.69, 9.17) is 10.9 Å². The predicted molar refractivity (Wildman–Crippen MR) is 86.7 cm³/mol. The molecular weight excluding hydrogens is 336 g/mol. The summed E-state index contributed by atoms with van der Waals surface area (Å²) in [6.07, 6.45) is 4.25. The van der Waals surface area contributed by atoms with Gasteiger partial charge >= 0.3 is 16.2 Å². The van der Waals surface area contributed by atoms with Crippen LogP contribution in [0.3, 0.4) is 0 Å². The van der Waals surface area contributed by atoms with Gasteiger partial charge in [0.25, 0.3) is 0 Å². The normalized spacial score (nSPS) is 21.4. The molecule has 0 aromatic carbocycles. The second kappa shape index (κ2) is 7.32. The number of carboxylic acid groups (broad SMARTS) is 1. The zero-order valence-electron chi connectivity index (χ0n) is 13.1. The van der Waals surface area contributed by atoms with Crippen molar-refractivity contribution >= 4 is 22.1 Å². The van der Waals surface area contributed by atoms with Gasteiger partial charge in [0, 0.05) is 12.7 Å². The highest BCUT2D eigenvalue weighted by Crippen LogP contribution is 2.37. The van der Waals surface area contributed by atoms with Crippen molar-refractivity contribution in [2.45, 2.75) is 31.6 Å². The zero-order valence-corrected chi connectivity index (χ0v) is 14.0. The lowest BCUT2D eigenvalue weighted by atomic mass is 9.78. The Morgan fingerprint density at radius 2 is 1.92 bits per heavy atom. The minimum absolute atomic E-state index is 0.0411. The molecular formula is C14H22N4O5S. The van der Waals surface area contributed by atoms with Crippen molar-refractivity contribution in [1.29, 1.82) is 0 Å². The minimum atomic E-state index is -4.15. The van der Waals surface area contributed by atoms with E-state index in [0.29, 0.717) is 22.0 Å². The summed E-state index contributed by atoms with van der Waals surface area (Å²) in [6, 6.07) is 1.51. The van der Waals surface area contributed by atoms with Crippen LogP contribution in [0.1, 0.15) is 47.7 Å². The van der Waals surface area contributed by atoms with Crippen LogP contribution in [-0.2, 0) is 15.0 Å². The highest BCUT2D eigenvalue weighted by atomic mass is 32.2. The van der Waals surface area contributed by atoms with Crippen molar-refractivity contribution < 1.29 is 23.1 Å². The number of nitrogens with zero attached hydrogens (tertiary/aromatic N) is 1. The van der Waals surface area contributed by atoms with Crippen LogP contribution < -0.4 is 16.2 Å². The lowest BCUT2D eigenvalue weighted by molar-refractivity contribution is -0.119. The SMILES string of the molecule is NCC(=O)NCC1CCC(c2ccn(S(N)(=O)=O)c2C(=O)O)CC1. The molecule has 2 rings (SSSR count). The molecule has 1 aliphatic rings. The molecule has 1 saturated carbocycles. The molecule has 1 aromatic rings. The number of carbonyl (C=O) groups is 2. The van der Waals surface area contributed by atoms with Gasteiger partial charge < -0.3 is 16.2 Å². The molecule has 0 atom stereocenters. The van der Waals surface area contributed by atoms with E-state index >= 15 is 0 Å². The Hall–Kier alpha value is -1.91. The minimum Gasteiger partial charge on any atom is -0.477 e. The number of aromatic nitrogens is 1. The lowest BCUT2D eigenvalue weighted by Crippen LogP contribution is -2.35. The van der Waals surface area contributed by atoms with Gasteiger partial charge in [-0.3, -0.25) is 4.79 Å². The number of aromatic carboxylic acids is 1. The van der Waals surface area contributed by atoms with Gasteiger partial charge in [-0.05, 0) is 49.1 Å². The summed E-state index contributed by atoms with van der Waals surface area (Å²) in [5.74, 6) is -1.25. The molecule has 24 heavy (non-hydrogen) atoms. The summed E-state index contributed by atoms with van der Waals surface area (Å²) in [6.45, 7) is 0.505. The van der Waals surface area contributed by atoms with Crippen LogP contribution in [0.5, 0.6) is 0 Å². The number of nitrogens with two attached hydrogens (primary N) is 2. The van der Waals surface area contributed by atoms with Gasteiger partial charge in [0.2, 0.25) is 5.91 Å². The van der Waals surface area contributed by atoms with Crippen LogP contribution in [0.4, 0.5) is 0 Å². The summed E-state index contributed by atoms with van der Waals surface area (Å²) >= 11 is 0. The smallest absolute Gasteiger partial charge is 0.353 e. The molecule has 1 heterocycles. The third-order valence-corrected chi connectivity index (χ3v) is 5.27. The standard InChI is InChI=1S/C14H22N4O5S/c15-7-12(19)17-8-9-1-3-10(4-2-9)11-5-6-18(24(16,22)23)13(11)14(20)21/h5-6,9-10H,1-4,7-8,15H2,(H,17,19)(H,20,21)(H2,16,22,23). The largest absolute Gasteiger partial charge is 0.477 e. The number of carbonyl (C=O) groups excluding carboxylic acids is 1. The fourth-order valence-corrected chi connectivity index (χ4v) is 3.86. The van der Waals surface area contributed by atoms with Gasteiger partial charge in [-0.15, -0.1) is 0 Å². The molecule has 1 amide bonds. The second-order valence-electron chi connectivity index (χ2n) is 5.99. The molecule has 1 fully saturated rings. The van der Waals surface area contributed by atoms with E-state index in [2.05, 4.69) is 5.32 Å². The van der Waals surface area contributed by atoms with Crippen LogP contribution in [0.2, 0.25) is 0 Å². The molecule has 9 nitrogen and oxygen atoms in total. The van der Waals surface area contributed by atoms with Crippen molar-refractivity contribution in [3.63, 3.8) is 0 Å². The first kappa shape index (κ1) is 18.4. The molecule has 134 valence electrons. The Bertz CT molecular complexity index is 720. The molecule has 1 aromatic heterocycles. The fourth-order valence-electron chi connectivity index (χ4n) is 3.20. The Balaban J connectivity index is 2.08. The van der Waals surface area contributed by atoms with E-state index in [9.17, 15) is 23.1 Å². The van der Waals surface area contributed by atoms with Crippen LogP contribution in [0.25, 0.3) is 0 Å². The maximum atomic E-state index is 11.5. The molecule has 0 saturated heterocycles. The topological polar surface area (TPSA) is 158 Å². The van der Waals surface area contributed by atoms with Gasteiger partial charge in [-0.2, -0.15) is 8.42 Å². The molecule has 0 radical (unpaired) electrons. The summed E-state index contributed by atoms with van der Waals surface area (Å²) in [5, 5.41) is 17.2. The molecule has 0 aliphatic heterocycles. The predicted octanol–water partition coefficient (Wildman–Crippen LogP) is -0.413. The molecule has 0 spiro atoms. The van der Waals surface area contributed by atoms with Gasteiger partial charge in [0.1, 0.15) is 5.69 Å². The second-order valence-corrected chi connectivity index (χ2v) is 7.41. The Morgan fingerprint density at radius 3 is 2.42 bits per heavy atom. The quantitative estimate of drug-likeness (QED) is 0.541. The van der Waals surface area contributed by atoms with Crippen molar-refractivity contribution in [2.75, 3.05) is 13.1 Å². The van der Waals surface area contributed by atoms with Gasteiger partial charge in [0.15, 0.2) is 0 Å². The van der Waals surface area contributed by atoms with E-state index in [-0.39, 0.29) is 24.1 Å². The van der Waals surface area contributed by atoms with E-state index in [1.165, 1.54) is 12.3 Å². The van der Waals surface area contributed by atoms with E-state index in [0.717, 1.165) is 25.7 Å². The van der Waals surface area contributed by atoms with E-state index in [1.54, 1.807) is 0 Å². The van der Waals surface area contributed by atoms with Gasteiger partial charge in [-0.25, -0.2) is 13.9 Å². The summed E-state index contributed by atoms with van der Waals surface area (Å²) in [5.41, 5.74) is 5.43. The van der Waals surface area contributed by atoms with Crippen molar-refractivity contribution in [1.82, 2.24) is 9.29 Å². The average Bonchev–Trinajstić information content (AvgIpc) is 2.98. The van der Waals surface area contributed by atoms with Crippen LogP contribution in [0, 0.1) is 5.92 Å². The molecule has 0 unspecified atom stereocenters. The number of amides is 1. The first-order valence-corrected chi connectivity index (χ1v) is 9.19. The van der Waals surface area contributed by atoms with Crippen LogP contribution in [0.15, 0.2) is 12.3 Å². The van der Waals surface area contributed by atoms with Crippen LogP contribution >= 0.6 is 0 Å². The first-order chi connectivity index (χ1) is 11.2. The molecule has 10 heteroatoms. The highest BCUT2D eigenvalue weighted by Gasteiger charge is 2.29. The summed E-state index contributed by atoms with van der Waals surface area (Å²) < 4.78 is 23.6. The van der Waals surface area contributed by atoms with Crippen molar-refractivity contribution in [3.8, 4) is 0 Å². The third-order valence-electron chi connectivity index (χ3n) is 4.42. The molecule has 0 bridgehead atoms. The Labute approximate surface area is 140 Å². The summed E-state index contributed by atoms with van der Waals surface area (Å²) in [7, 11) is -4.15. The number of hydrogen-bond acceptors (Lipinski definition) is 5. The number of rotatable bonds is 6. The average molecular weight is 358 g/mol. The fraction of sp³-hybridized carbons (Fsp3) is 0.571. The van der Waals surface area contributed by atoms with E-state index < -0.39 is 16.2 Å². The molecule has 1 aliphatic carbocycles. The number of carboxylic acids is 1. The molecule has 6 N–H and O–H groups in total. The third kappa shape index (κ3) is 4.13. The van der Waals surface area contributed by atoms with Crippen molar-refractivity contribution in [3.05, 3.63) is 23.5 Å².